The quantitative estimate of drug-likeness (QED) is 0.779. The predicted octanol–water partition coefficient (Wildman–Crippen LogP) is 4.03. The molecule has 0 aliphatic heterocycles. The predicted molar refractivity (Wildman–Crippen MR) is 63.0 cm³/mol. The number of hydrogen-bond acceptors (Lipinski definition) is 1. The molecule has 0 aliphatic carbocycles. The standard InChI is InChI=1S/C14H12F2O/c1-2-17-13-5-3-4-12(14(13)16)10-6-8-11(15)9-7-10/h3-9H,2H2,1H3. The fourth-order valence-electron chi connectivity index (χ4n) is 1.63. The van der Waals surface area contributed by atoms with Crippen LogP contribution in [0.25, 0.3) is 11.1 Å². The largest absolute Gasteiger partial charge is 0.491 e. The van der Waals surface area contributed by atoms with Crippen LogP contribution in [-0.4, -0.2) is 6.61 Å². The third-order valence-electron chi connectivity index (χ3n) is 2.42. The molecule has 0 aromatic heterocycles. The summed E-state index contributed by atoms with van der Waals surface area (Å²) in [6.45, 7) is 2.20. The lowest BCUT2D eigenvalue weighted by atomic mass is 10.0. The molecule has 0 aliphatic rings. The van der Waals surface area contributed by atoms with E-state index >= 15 is 0 Å². The van der Waals surface area contributed by atoms with Gasteiger partial charge in [0.2, 0.25) is 0 Å². The normalized spacial score (nSPS) is 10.3. The van der Waals surface area contributed by atoms with Gasteiger partial charge in [0.15, 0.2) is 11.6 Å². The Kier molecular flexibility index (Phi) is 3.38. The van der Waals surface area contributed by atoms with Gasteiger partial charge in [-0.2, -0.15) is 0 Å². The summed E-state index contributed by atoms with van der Waals surface area (Å²) >= 11 is 0. The van der Waals surface area contributed by atoms with Crippen molar-refractivity contribution in [2.75, 3.05) is 6.61 Å². The second-order valence-electron chi connectivity index (χ2n) is 3.56. The van der Waals surface area contributed by atoms with Crippen molar-refractivity contribution in [2.45, 2.75) is 6.92 Å². The van der Waals surface area contributed by atoms with E-state index in [1.54, 1.807) is 37.3 Å². The average Bonchev–Trinajstić information content (AvgIpc) is 2.34. The van der Waals surface area contributed by atoms with Gasteiger partial charge in [0, 0.05) is 5.56 Å². The van der Waals surface area contributed by atoms with E-state index in [1.165, 1.54) is 12.1 Å². The molecule has 0 saturated heterocycles. The summed E-state index contributed by atoms with van der Waals surface area (Å²) in [6.07, 6.45) is 0. The summed E-state index contributed by atoms with van der Waals surface area (Å²) in [5, 5.41) is 0. The first-order chi connectivity index (χ1) is 8.22. The van der Waals surface area contributed by atoms with Crippen molar-refractivity contribution < 1.29 is 13.5 Å². The average molecular weight is 234 g/mol. The molecule has 0 heterocycles. The smallest absolute Gasteiger partial charge is 0.172 e. The van der Waals surface area contributed by atoms with E-state index in [9.17, 15) is 8.78 Å². The van der Waals surface area contributed by atoms with Gasteiger partial charge in [0.1, 0.15) is 5.82 Å². The maximum Gasteiger partial charge on any atom is 0.172 e. The van der Waals surface area contributed by atoms with Crippen LogP contribution in [0.1, 0.15) is 6.92 Å². The maximum absolute atomic E-state index is 14.0. The molecule has 0 bridgehead atoms. The lowest BCUT2D eigenvalue weighted by Crippen LogP contribution is -1.96. The number of halogens is 2. The van der Waals surface area contributed by atoms with Crippen LogP contribution in [0.15, 0.2) is 42.5 Å². The van der Waals surface area contributed by atoms with E-state index in [0.717, 1.165) is 0 Å². The van der Waals surface area contributed by atoms with E-state index in [0.29, 0.717) is 17.7 Å². The number of rotatable bonds is 3. The molecule has 3 heteroatoms. The molecule has 17 heavy (non-hydrogen) atoms. The molecule has 0 unspecified atom stereocenters. The number of benzene rings is 2. The Labute approximate surface area is 98.7 Å². The van der Waals surface area contributed by atoms with Crippen molar-refractivity contribution >= 4 is 0 Å². The summed E-state index contributed by atoms with van der Waals surface area (Å²) in [4.78, 5) is 0. The van der Waals surface area contributed by atoms with Crippen molar-refractivity contribution in [2.24, 2.45) is 0 Å². The molecule has 1 nitrogen and oxygen atoms in total. The minimum absolute atomic E-state index is 0.217. The second-order valence-corrected chi connectivity index (χ2v) is 3.56. The summed E-state index contributed by atoms with van der Waals surface area (Å²) in [5.41, 5.74) is 1.04. The topological polar surface area (TPSA) is 9.23 Å². The van der Waals surface area contributed by atoms with E-state index in [-0.39, 0.29) is 11.6 Å². The SMILES string of the molecule is CCOc1cccc(-c2ccc(F)cc2)c1F. The van der Waals surface area contributed by atoms with Crippen molar-refractivity contribution in [3.63, 3.8) is 0 Å². The van der Waals surface area contributed by atoms with Gasteiger partial charge >= 0.3 is 0 Å². The highest BCUT2D eigenvalue weighted by molar-refractivity contribution is 5.65. The van der Waals surface area contributed by atoms with Gasteiger partial charge in [-0.25, -0.2) is 8.78 Å². The molecule has 88 valence electrons. The van der Waals surface area contributed by atoms with Gasteiger partial charge in [-0.1, -0.05) is 24.3 Å². The minimum Gasteiger partial charge on any atom is -0.491 e. The maximum atomic E-state index is 14.0. The lowest BCUT2D eigenvalue weighted by molar-refractivity contribution is 0.322. The van der Waals surface area contributed by atoms with E-state index in [1.807, 2.05) is 0 Å². The van der Waals surface area contributed by atoms with Crippen LogP contribution < -0.4 is 4.74 Å². The molecule has 0 radical (unpaired) electrons. The van der Waals surface area contributed by atoms with E-state index in [2.05, 4.69) is 0 Å². The van der Waals surface area contributed by atoms with Crippen molar-refractivity contribution in [3.05, 3.63) is 54.1 Å². The highest BCUT2D eigenvalue weighted by atomic mass is 19.1. The molecular weight excluding hydrogens is 222 g/mol. The van der Waals surface area contributed by atoms with Gasteiger partial charge in [0.25, 0.3) is 0 Å². The van der Waals surface area contributed by atoms with E-state index in [4.69, 9.17) is 4.74 Å². The zero-order chi connectivity index (χ0) is 12.3. The van der Waals surface area contributed by atoms with Gasteiger partial charge in [-0.05, 0) is 30.7 Å². The first kappa shape index (κ1) is 11.6. The fraction of sp³-hybridized carbons (Fsp3) is 0.143. The highest BCUT2D eigenvalue weighted by Crippen LogP contribution is 2.29. The van der Waals surface area contributed by atoms with Crippen LogP contribution in [0.5, 0.6) is 5.75 Å². The van der Waals surface area contributed by atoms with Crippen LogP contribution >= 0.6 is 0 Å². The summed E-state index contributed by atoms with van der Waals surface area (Å²) in [5.74, 6) is -0.537. The van der Waals surface area contributed by atoms with Gasteiger partial charge in [-0.15, -0.1) is 0 Å². The lowest BCUT2D eigenvalue weighted by Gasteiger charge is -2.08. The molecular formula is C14H12F2O. The summed E-state index contributed by atoms with van der Waals surface area (Å²) in [6, 6.07) is 10.6. The molecule has 2 rings (SSSR count). The second kappa shape index (κ2) is 4.95. The zero-order valence-electron chi connectivity index (χ0n) is 9.41. The first-order valence-corrected chi connectivity index (χ1v) is 5.39. The van der Waals surface area contributed by atoms with Crippen LogP contribution in [0.4, 0.5) is 8.78 Å². The Morgan fingerprint density at radius 1 is 1.00 bits per heavy atom. The molecule has 0 amide bonds. The zero-order valence-corrected chi connectivity index (χ0v) is 9.41. The van der Waals surface area contributed by atoms with Crippen LogP contribution in [0.3, 0.4) is 0 Å². The van der Waals surface area contributed by atoms with Gasteiger partial charge < -0.3 is 4.74 Å². The van der Waals surface area contributed by atoms with Crippen molar-refractivity contribution in [1.82, 2.24) is 0 Å². The highest BCUT2D eigenvalue weighted by Gasteiger charge is 2.10. The summed E-state index contributed by atoms with van der Waals surface area (Å²) in [7, 11) is 0. The van der Waals surface area contributed by atoms with Gasteiger partial charge in [-0.3, -0.25) is 0 Å². The van der Waals surface area contributed by atoms with Crippen LogP contribution in [-0.2, 0) is 0 Å². The monoisotopic (exact) mass is 234 g/mol. The number of hydrogen-bond donors (Lipinski definition) is 0. The molecule has 0 spiro atoms. The molecule has 0 saturated carbocycles. The van der Waals surface area contributed by atoms with Crippen molar-refractivity contribution in [3.8, 4) is 16.9 Å². The third kappa shape index (κ3) is 2.44. The molecule has 0 atom stereocenters. The Hall–Kier alpha value is -1.90. The molecule has 2 aromatic rings. The van der Waals surface area contributed by atoms with Crippen LogP contribution in [0.2, 0.25) is 0 Å². The van der Waals surface area contributed by atoms with Crippen LogP contribution in [0, 0.1) is 11.6 Å². The van der Waals surface area contributed by atoms with Crippen molar-refractivity contribution in [1.29, 1.82) is 0 Å². The molecule has 2 aromatic carbocycles. The fourth-order valence-corrected chi connectivity index (χ4v) is 1.63. The molecule has 0 fully saturated rings. The Morgan fingerprint density at radius 3 is 2.35 bits per heavy atom. The summed E-state index contributed by atoms with van der Waals surface area (Å²) < 4.78 is 32.0. The Bertz CT molecular complexity index is 506. The van der Waals surface area contributed by atoms with E-state index < -0.39 is 5.82 Å². The Morgan fingerprint density at radius 2 is 1.71 bits per heavy atom. The molecule has 0 N–H and O–H groups in total. The third-order valence-corrected chi connectivity index (χ3v) is 2.42. The van der Waals surface area contributed by atoms with Gasteiger partial charge in [0.05, 0.1) is 6.61 Å². The Balaban J connectivity index is 2.45. The minimum atomic E-state index is -0.416. The number of ether oxygens (including phenoxy) is 1. The first-order valence-electron chi connectivity index (χ1n) is 5.39.